The van der Waals surface area contributed by atoms with Crippen LogP contribution in [0.15, 0.2) is 30.0 Å². The monoisotopic (exact) mass is 276 g/mol. The Morgan fingerprint density at radius 3 is 2.95 bits per heavy atom. The number of thiocarbonyl (C=S) groups is 1. The first-order valence-electron chi connectivity index (χ1n) is 6.25. The van der Waals surface area contributed by atoms with Crippen LogP contribution in [-0.2, 0) is 4.79 Å². The number of carbonyl (C=O) groups is 1. The molecular formula is C14H16N2O2S. The van der Waals surface area contributed by atoms with E-state index in [0.29, 0.717) is 17.4 Å². The minimum Gasteiger partial charge on any atom is -0.508 e. The molecule has 0 unspecified atom stereocenters. The molecule has 1 saturated heterocycles. The molecule has 1 heterocycles. The van der Waals surface area contributed by atoms with Crippen LogP contribution in [0.4, 0.5) is 0 Å². The second-order valence-corrected chi connectivity index (χ2v) is 4.78. The van der Waals surface area contributed by atoms with Crippen LogP contribution in [0.5, 0.6) is 5.75 Å². The SMILES string of the molecule is CCCCN1C(=O)/C(=C/c2cccc(O)c2)NC1=S. The molecule has 1 aromatic carbocycles. The predicted molar refractivity (Wildman–Crippen MR) is 78.4 cm³/mol. The zero-order chi connectivity index (χ0) is 13.8. The number of unbranched alkanes of at least 4 members (excludes halogenated alkanes) is 1. The van der Waals surface area contributed by atoms with Crippen LogP contribution in [0, 0.1) is 0 Å². The highest BCUT2D eigenvalue weighted by Crippen LogP contribution is 2.17. The van der Waals surface area contributed by atoms with Crippen molar-refractivity contribution in [2.24, 2.45) is 0 Å². The summed E-state index contributed by atoms with van der Waals surface area (Å²) in [4.78, 5) is 13.7. The molecular weight excluding hydrogens is 260 g/mol. The highest BCUT2D eigenvalue weighted by atomic mass is 32.1. The molecule has 4 nitrogen and oxygen atoms in total. The number of rotatable bonds is 4. The smallest absolute Gasteiger partial charge is 0.276 e. The average Bonchev–Trinajstić information content (AvgIpc) is 2.62. The molecule has 2 N–H and O–H groups in total. The van der Waals surface area contributed by atoms with Crippen molar-refractivity contribution in [1.82, 2.24) is 10.2 Å². The van der Waals surface area contributed by atoms with Gasteiger partial charge in [-0.3, -0.25) is 9.69 Å². The average molecular weight is 276 g/mol. The summed E-state index contributed by atoms with van der Waals surface area (Å²) >= 11 is 5.15. The van der Waals surface area contributed by atoms with Crippen molar-refractivity contribution in [2.75, 3.05) is 6.54 Å². The van der Waals surface area contributed by atoms with E-state index in [2.05, 4.69) is 12.2 Å². The maximum atomic E-state index is 12.2. The fourth-order valence-electron chi connectivity index (χ4n) is 1.87. The summed E-state index contributed by atoms with van der Waals surface area (Å²) in [5.41, 5.74) is 1.21. The van der Waals surface area contributed by atoms with E-state index in [0.717, 1.165) is 18.4 Å². The third kappa shape index (κ3) is 3.12. The normalized spacial score (nSPS) is 17.1. The van der Waals surface area contributed by atoms with Crippen LogP contribution in [0.3, 0.4) is 0 Å². The van der Waals surface area contributed by atoms with Gasteiger partial charge in [-0.15, -0.1) is 0 Å². The van der Waals surface area contributed by atoms with E-state index in [1.54, 1.807) is 29.2 Å². The molecule has 0 bridgehead atoms. The van der Waals surface area contributed by atoms with Gasteiger partial charge in [-0.05, 0) is 42.4 Å². The first-order valence-corrected chi connectivity index (χ1v) is 6.66. The summed E-state index contributed by atoms with van der Waals surface area (Å²) in [7, 11) is 0. The fourth-order valence-corrected chi connectivity index (χ4v) is 2.16. The molecule has 0 atom stereocenters. The van der Waals surface area contributed by atoms with Crippen LogP contribution in [0.25, 0.3) is 6.08 Å². The number of aromatic hydroxyl groups is 1. The summed E-state index contributed by atoms with van der Waals surface area (Å²) in [6.07, 6.45) is 3.63. The quantitative estimate of drug-likeness (QED) is 0.654. The number of amides is 1. The summed E-state index contributed by atoms with van der Waals surface area (Å²) in [6.45, 7) is 2.71. The van der Waals surface area contributed by atoms with E-state index in [9.17, 15) is 9.90 Å². The lowest BCUT2D eigenvalue weighted by Crippen LogP contribution is -2.31. The number of benzene rings is 1. The maximum absolute atomic E-state index is 12.2. The molecule has 1 fully saturated rings. The van der Waals surface area contributed by atoms with E-state index in [4.69, 9.17) is 12.2 Å². The largest absolute Gasteiger partial charge is 0.508 e. The van der Waals surface area contributed by atoms with Gasteiger partial charge in [0.2, 0.25) is 0 Å². The van der Waals surface area contributed by atoms with Crippen LogP contribution in [0.1, 0.15) is 25.3 Å². The van der Waals surface area contributed by atoms with Crippen molar-refractivity contribution in [3.05, 3.63) is 35.5 Å². The molecule has 1 aliphatic rings. The second kappa shape index (κ2) is 5.84. The maximum Gasteiger partial charge on any atom is 0.276 e. The Balaban J connectivity index is 2.18. The first kappa shape index (κ1) is 13.5. The molecule has 1 aromatic rings. The number of nitrogens with zero attached hydrogens (tertiary/aromatic N) is 1. The van der Waals surface area contributed by atoms with E-state index in [1.165, 1.54) is 0 Å². The molecule has 0 aliphatic carbocycles. The van der Waals surface area contributed by atoms with Crippen molar-refractivity contribution in [3.8, 4) is 5.75 Å². The van der Waals surface area contributed by atoms with Gasteiger partial charge >= 0.3 is 0 Å². The Bertz CT molecular complexity index is 540. The minimum absolute atomic E-state index is 0.109. The topological polar surface area (TPSA) is 52.6 Å². The first-order chi connectivity index (χ1) is 9.11. The van der Waals surface area contributed by atoms with Crippen molar-refractivity contribution < 1.29 is 9.90 Å². The Morgan fingerprint density at radius 2 is 2.26 bits per heavy atom. The van der Waals surface area contributed by atoms with Crippen molar-refractivity contribution in [3.63, 3.8) is 0 Å². The Hall–Kier alpha value is -1.88. The third-order valence-corrected chi connectivity index (χ3v) is 3.20. The zero-order valence-corrected chi connectivity index (χ0v) is 11.5. The van der Waals surface area contributed by atoms with Gasteiger partial charge in [-0.2, -0.15) is 0 Å². The van der Waals surface area contributed by atoms with Crippen molar-refractivity contribution in [1.29, 1.82) is 0 Å². The molecule has 0 saturated carbocycles. The lowest BCUT2D eigenvalue weighted by Gasteiger charge is -2.12. The van der Waals surface area contributed by atoms with Gasteiger partial charge in [0.15, 0.2) is 5.11 Å². The molecule has 19 heavy (non-hydrogen) atoms. The number of phenolic OH excluding ortho intramolecular Hbond substituents is 1. The van der Waals surface area contributed by atoms with Crippen LogP contribution < -0.4 is 5.32 Å². The van der Waals surface area contributed by atoms with Crippen LogP contribution >= 0.6 is 12.2 Å². The zero-order valence-electron chi connectivity index (χ0n) is 10.7. The Morgan fingerprint density at radius 1 is 1.47 bits per heavy atom. The van der Waals surface area contributed by atoms with Gasteiger partial charge in [0.1, 0.15) is 11.4 Å². The lowest BCUT2D eigenvalue weighted by molar-refractivity contribution is -0.122. The van der Waals surface area contributed by atoms with E-state index in [1.807, 2.05) is 6.07 Å². The Labute approximate surface area is 117 Å². The molecule has 1 aliphatic heterocycles. The molecule has 2 rings (SSSR count). The summed E-state index contributed by atoms with van der Waals surface area (Å²) in [6, 6.07) is 6.73. The van der Waals surface area contributed by atoms with Crippen LogP contribution in [-0.4, -0.2) is 27.6 Å². The number of carbonyl (C=O) groups excluding carboxylic acids is 1. The molecule has 0 spiro atoms. The highest BCUT2D eigenvalue weighted by molar-refractivity contribution is 7.80. The molecule has 0 radical (unpaired) electrons. The fraction of sp³-hybridized carbons (Fsp3) is 0.286. The Kier molecular flexibility index (Phi) is 4.16. The summed E-state index contributed by atoms with van der Waals surface area (Å²) in [5, 5.41) is 12.8. The van der Waals surface area contributed by atoms with E-state index in [-0.39, 0.29) is 11.7 Å². The predicted octanol–water partition coefficient (Wildman–Crippen LogP) is 2.25. The van der Waals surface area contributed by atoms with Gasteiger partial charge in [-0.1, -0.05) is 25.5 Å². The van der Waals surface area contributed by atoms with Gasteiger partial charge in [0, 0.05) is 6.54 Å². The highest BCUT2D eigenvalue weighted by Gasteiger charge is 2.29. The molecule has 1 amide bonds. The van der Waals surface area contributed by atoms with Gasteiger partial charge in [0.25, 0.3) is 5.91 Å². The van der Waals surface area contributed by atoms with Gasteiger partial charge in [-0.25, -0.2) is 0 Å². The van der Waals surface area contributed by atoms with E-state index >= 15 is 0 Å². The molecule has 100 valence electrons. The third-order valence-electron chi connectivity index (χ3n) is 2.88. The minimum atomic E-state index is -0.109. The second-order valence-electron chi connectivity index (χ2n) is 4.39. The number of hydrogen-bond donors (Lipinski definition) is 2. The number of hydrogen-bond acceptors (Lipinski definition) is 3. The van der Waals surface area contributed by atoms with E-state index < -0.39 is 0 Å². The van der Waals surface area contributed by atoms with Crippen molar-refractivity contribution >= 4 is 29.3 Å². The van der Waals surface area contributed by atoms with Crippen LogP contribution in [0.2, 0.25) is 0 Å². The van der Waals surface area contributed by atoms with Gasteiger partial charge < -0.3 is 10.4 Å². The van der Waals surface area contributed by atoms with Gasteiger partial charge in [0.05, 0.1) is 0 Å². The summed E-state index contributed by atoms with van der Waals surface area (Å²) in [5.74, 6) is 0.0620. The lowest BCUT2D eigenvalue weighted by atomic mass is 10.2. The number of phenols is 1. The van der Waals surface area contributed by atoms with Crippen molar-refractivity contribution in [2.45, 2.75) is 19.8 Å². The standard InChI is InChI=1S/C14H16N2O2S/c1-2-3-7-16-13(18)12(15-14(16)19)9-10-5-4-6-11(17)8-10/h4-6,8-9,17H,2-3,7H2,1H3,(H,15,19)/b12-9-. The molecule has 0 aromatic heterocycles. The molecule has 5 heteroatoms. The number of nitrogens with one attached hydrogen (secondary N) is 1. The summed E-state index contributed by atoms with van der Waals surface area (Å²) < 4.78 is 0.